The van der Waals surface area contributed by atoms with Gasteiger partial charge in [0.1, 0.15) is 24.0 Å². The molecule has 33 heavy (non-hydrogen) atoms. The van der Waals surface area contributed by atoms with Crippen LogP contribution in [-0.2, 0) is 14.4 Å². The molecule has 0 unspecified atom stereocenters. The molecule has 1 aromatic heterocycles. The second-order valence-electron chi connectivity index (χ2n) is 6.76. The number of aromatic nitrogens is 1. The highest BCUT2D eigenvalue weighted by atomic mass is 35.5. The fourth-order valence-electron chi connectivity index (χ4n) is 3.09. The quantitative estimate of drug-likeness (QED) is 0.427. The van der Waals surface area contributed by atoms with Gasteiger partial charge in [-0.2, -0.15) is 0 Å². The van der Waals surface area contributed by atoms with E-state index in [4.69, 9.17) is 21.9 Å². The lowest BCUT2D eigenvalue weighted by Crippen LogP contribution is -2.43. The first kappa shape index (κ1) is 25.1. The minimum atomic E-state index is -1.30. The second kappa shape index (κ2) is 10.9. The molecule has 0 aliphatic rings. The van der Waals surface area contributed by atoms with Gasteiger partial charge in [-0.05, 0) is 23.8 Å². The number of anilines is 2. The number of rotatable bonds is 8. The number of nitrogens with two attached hydrogens (primary N) is 3. The molecule has 0 spiro atoms. The average molecular weight is 474 g/mol. The molecule has 0 bridgehead atoms. The SMILES string of the molecule is Cl.NC(=O)CC(=O)N(c1ccc(Oc2ccnc(N)c2)c(F)c1)[C@@H](C(N)=O)c1ccccc1. The monoisotopic (exact) mass is 473 g/mol. The standard InChI is InChI=1S/C22H20FN5O4.ClH/c23-16-10-14(6-7-17(16)32-15-8-9-27-18(24)11-15)28(20(30)12-19(25)29)21(22(26)31)13-4-2-1-3-5-13;/h1-11,21H,12H2,(H2,24,27)(H2,25,29)(H2,26,31);1H/t21-;/m1./s1. The van der Waals surface area contributed by atoms with Gasteiger partial charge in [-0.25, -0.2) is 9.37 Å². The van der Waals surface area contributed by atoms with Gasteiger partial charge < -0.3 is 21.9 Å². The number of benzene rings is 2. The summed E-state index contributed by atoms with van der Waals surface area (Å²) in [5, 5.41) is 0. The number of carbonyl (C=O) groups is 3. The van der Waals surface area contributed by atoms with Crippen LogP contribution in [0.2, 0.25) is 0 Å². The maximum atomic E-state index is 14.9. The predicted octanol–water partition coefficient (Wildman–Crippen LogP) is 2.45. The molecule has 3 aromatic rings. The normalized spacial score (nSPS) is 11.1. The van der Waals surface area contributed by atoms with Crippen LogP contribution in [0.4, 0.5) is 15.9 Å². The minimum Gasteiger partial charge on any atom is -0.454 e. The van der Waals surface area contributed by atoms with Gasteiger partial charge in [-0.1, -0.05) is 30.3 Å². The van der Waals surface area contributed by atoms with Crippen molar-refractivity contribution in [3.63, 3.8) is 0 Å². The molecule has 0 fully saturated rings. The lowest BCUT2D eigenvalue weighted by atomic mass is 10.0. The summed E-state index contributed by atoms with van der Waals surface area (Å²) < 4.78 is 20.4. The summed E-state index contributed by atoms with van der Waals surface area (Å²) in [5.41, 5.74) is 16.7. The number of pyridine rings is 1. The molecule has 172 valence electrons. The van der Waals surface area contributed by atoms with E-state index in [2.05, 4.69) is 4.98 Å². The van der Waals surface area contributed by atoms with Gasteiger partial charge in [0.15, 0.2) is 11.6 Å². The maximum absolute atomic E-state index is 14.9. The first-order valence-electron chi connectivity index (χ1n) is 9.40. The third kappa shape index (κ3) is 6.17. The van der Waals surface area contributed by atoms with Crippen molar-refractivity contribution in [3.8, 4) is 11.5 Å². The fourth-order valence-corrected chi connectivity index (χ4v) is 3.09. The lowest BCUT2D eigenvalue weighted by molar-refractivity contribution is -0.128. The van der Waals surface area contributed by atoms with Gasteiger partial charge >= 0.3 is 0 Å². The van der Waals surface area contributed by atoms with Crippen molar-refractivity contribution in [2.75, 3.05) is 10.6 Å². The molecule has 0 aliphatic heterocycles. The Kier molecular flexibility index (Phi) is 8.30. The van der Waals surface area contributed by atoms with Crippen molar-refractivity contribution in [2.45, 2.75) is 12.5 Å². The number of hydrogen-bond donors (Lipinski definition) is 3. The summed E-state index contributed by atoms with van der Waals surface area (Å²) in [6.45, 7) is 0. The first-order valence-corrected chi connectivity index (χ1v) is 9.40. The van der Waals surface area contributed by atoms with Crippen molar-refractivity contribution in [1.82, 2.24) is 4.98 Å². The van der Waals surface area contributed by atoms with E-state index < -0.39 is 36.0 Å². The Morgan fingerprint density at radius 3 is 2.30 bits per heavy atom. The average Bonchev–Trinajstić information content (AvgIpc) is 2.73. The van der Waals surface area contributed by atoms with Crippen molar-refractivity contribution in [2.24, 2.45) is 11.5 Å². The molecule has 0 saturated carbocycles. The zero-order valence-corrected chi connectivity index (χ0v) is 18.0. The zero-order chi connectivity index (χ0) is 23.3. The molecule has 11 heteroatoms. The van der Waals surface area contributed by atoms with Gasteiger partial charge in [-0.3, -0.25) is 19.3 Å². The van der Waals surface area contributed by atoms with Crippen LogP contribution < -0.4 is 26.8 Å². The molecule has 6 N–H and O–H groups in total. The Bertz CT molecular complexity index is 1160. The minimum absolute atomic E-state index is 0. The van der Waals surface area contributed by atoms with Crippen molar-refractivity contribution in [3.05, 3.63) is 78.2 Å². The predicted molar refractivity (Wildman–Crippen MR) is 122 cm³/mol. The van der Waals surface area contributed by atoms with Gasteiger partial charge in [0, 0.05) is 24.0 Å². The number of hydrogen-bond acceptors (Lipinski definition) is 6. The topological polar surface area (TPSA) is 155 Å². The van der Waals surface area contributed by atoms with E-state index in [0.29, 0.717) is 5.56 Å². The Balaban J connectivity index is 0.00000385. The summed E-state index contributed by atoms with van der Waals surface area (Å²) >= 11 is 0. The van der Waals surface area contributed by atoms with Gasteiger partial charge in [0.2, 0.25) is 17.7 Å². The van der Waals surface area contributed by atoms with Crippen LogP contribution in [0.25, 0.3) is 0 Å². The fraction of sp³-hybridized carbons (Fsp3) is 0.0909. The molecule has 0 radical (unpaired) electrons. The molecule has 3 rings (SSSR count). The lowest BCUT2D eigenvalue weighted by Gasteiger charge is -2.30. The number of nitrogens with zero attached hydrogens (tertiary/aromatic N) is 2. The molecule has 0 saturated heterocycles. The molecule has 1 atom stereocenters. The van der Waals surface area contributed by atoms with E-state index in [1.54, 1.807) is 30.3 Å². The van der Waals surface area contributed by atoms with Gasteiger partial charge in [0.05, 0.1) is 0 Å². The highest BCUT2D eigenvalue weighted by molar-refractivity contribution is 6.08. The van der Waals surface area contributed by atoms with E-state index in [-0.39, 0.29) is 35.4 Å². The van der Waals surface area contributed by atoms with Crippen molar-refractivity contribution >= 4 is 41.6 Å². The summed E-state index contributed by atoms with van der Waals surface area (Å²) in [6, 6.07) is 13.4. The van der Waals surface area contributed by atoms with Gasteiger partial charge in [0.25, 0.3) is 0 Å². The second-order valence-corrected chi connectivity index (χ2v) is 6.76. The molecule has 9 nitrogen and oxygen atoms in total. The number of amides is 3. The van der Waals surface area contributed by atoms with Crippen LogP contribution in [0.1, 0.15) is 18.0 Å². The summed E-state index contributed by atoms with van der Waals surface area (Å²) in [4.78, 5) is 41.3. The van der Waals surface area contributed by atoms with Crippen LogP contribution in [0.5, 0.6) is 11.5 Å². The van der Waals surface area contributed by atoms with Crippen LogP contribution in [0.15, 0.2) is 66.9 Å². The highest BCUT2D eigenvalue weighted by Crippen LogP contribution is 2.33. The number of halogens is 2. The van der Waals surface area contributed by atoms with Crippen molar-refractivity contribution in [1.29, 1.82) is 0 Å². The largest absolute Gasteiger partial charge is 0.454 e. The summed E-state index contributed by atoms with van der Waals surface area (Å²) in [7, 11) is 0. The summed E-state index contributed by atoms with van der Waals surface area (Å²) in [5.74, 6) is -3.14. The molecule has 2 aromatic carbocycles. The number of carbonyl (C=O) groups excluding carboxylic acids is 3. The van der Waals surface area contributed by atoms with E-state index in [9.17, 15) is 18.8 Å². The maximum Gasteiger partial charge on any atom is 0.245 e. The summed E-state index contributed by atoms with van der Waals surface area (Å²) in [6.07, 6.45) is 0.700. The Morgan fingerprint density at radius 2 is 1.73 bits per heavy atom. The molecule has 3 amide bonds. The van der Waals surface area contributed by atoms with Crippen molar-refractivity contribution < 1.29 is 23.5 Å². The van der Waals surface area contributed by atoms with Crippen LogP contribution in [0, 0.1) is 5.82 Å². The van der Waals surface area contributed by atoms with E-state index in [0.717, 1.165) is 11.0 Å². The third-order valence-electron chi connectivity index (χ3n) is 4.41. The van der Waals surface area contributed by atoms with E-state index in [1.165, 1.54) is 30.5 Å². The number of primary amides is 2. The van der Waals surface area contributed by atoms with Crippen LogP contribution in [-0.4, -0.2) is 22.7 Å². The van der Waals surface area contributed by atoms with Gasteiger partial charge in [-0.15, -0.1) is 12.4 Å². The van der Waals surface area contributed by atoms with E-state index in [1.807, 2.05) is 0 Å². The highest BCUT2D eigenvalue weighted by Gasteiger charge is 2.32. The third-order valence-corrected chi connectivity index (χ3v) is 4.41. The molecular weight excluding hydrogens is 453 g/mol. The zero-order valence-electron chi connectivity index (χ0n) is 17.2. The van der Waals surface area contributed by atoms with Crippen LogP contribution >= 0.6 is 12.4 Å². The Morgan fingerprint density at radius 1 is 1.03 bits per heavy atom. The first-order chi connectivity index (χ1) is 15.3. The van der Waals surface area contributed by atoms with Crippen LogP contribution in [0.3, 0.4) is 0 Å². The Labute approximate surface area is 194 Å². The number of ether oxygens (including phenoxy) is 1. The van der Waals surface area contributed by atoms with E-state index >= 15 is 0 Å². The number of nitrogen functional groups attached to an aromatic ring is 1. The molecular formula is C22H21ClFN5O4. The smallest absolute Gasteiger partial charge is 0.245 e. The Hall–Kier alpha value is -4.18. The molecule has 0 aliphatic carbocycles. The molecule has 1 heterocycles.